The summed E-state index contributed by atoms with van der Waals surface area (Å²) in [6, 6.07) is 5.65. The van der Waals surface area contributed by atoms with Crippen molar-refractivity contribution in [3.63, 3.8) is 0 Å². The third-order valence-corrected chi connectivity index (χ3v) is 11.3. The van der Waals surface area contributed by atoms with Crippen molar-refractivity contribution in [2.45, 2.75) is 42.0 Å². The van der Waals surface area contributed by atoms with E-state index in [-0.39, 0.29) is 29.3 Å². The molecule has 2 unspecified atom stereocenters. The van der Waals surface area contributed by atoms with Crippen LogP contribution in [0, 0.1) is 0 Å². The van der Waals surface area contributed by atoms with E-state index in [2.05, 4.69) is 0 Å². The number of sulfonamides is 1. The van der Waals surface area contributed by atoms with Gasteiger partial charge in [0.05, 0.1) is 33.8 Å². The van der Waals surface area contributed by atoms with Gasteiger partial charge in [0.2, 0.25) is 5.91 Å². The topological polar surface area (TPSA) is 89.0 Å². The lowest BCUT2D eigenvalue weighted by molar-refractivity contribution is -0.122. The van der Waals surface area contributed by atoms with Crippen LogP contribution in [0.1, 0.15) is 25.7 Å². The molecule has 0 aliphatic carbocycles. The highest BCUT2D eigenvalue weighted by atomic mass is 35.5. The number of amides is 1. The number of thiophene rings is 1. The van der Waals surface area contributed by atoms with Crippen molar-refractivity contribution >= 4 is 77.2 Å². The van der Waals surface area contributed by atoms with E-state index in [0.717, 1.165) is 24.2 Å². The Hall–Kier alpha value is -1.47. The lowest BCUT2D eigenvalue weighted by Gasteiger charge is -2.29. The van der Waals surface area contributed by atoms with Crippen LogP contribution in [0.2, 0.25) is 9.36 Å². The highest BCUT2D eigenvalue weighted by molar-refractivity contribution is 7.91. The molecular formula is C22H23Cl2N3O5S3. The van der Waals surface area contributed by atoms with Crippen LogP contribution < -0.4 is 9.64 Å². The van der Waals surface area contributed by atoms with Gasteiger partial charge in [-0.25, -0.2) is 13.4 Å². The van der Waals surface area contributed by atoms with Crippen LogP contribution in [-0.2, 0) is 19.6 Å². The van der Waals surface area contributed by atoms with Gasteiger partial charge in [0, 0.05) is 13.2 Å². The Labute approximate surface area is 221 Å². The van der Waals surface area contributed by atoms with E-state index in [1.165, 1.54) is 21.7 Å². The summed E-state index contributed by atoms with van der Waals surface area (Å²) >= 11 is 14.7. The quantitative estimate of drug-likeness (QED) is 0.392. The van der Waals surface area contributed by atoms with E-state index in [0.29, 0.717) is 49.9 Å². The van der Waals surface area contributed by atoms with Gasteiger partial charge in [-0.2, -0.15) is 4.31 Å². The molecule has 2 atom stereocenters. The molecule has 0 saturated carbocycles. The van der Waals surface area contributed by atoms with Crippen LogP contribution in [0.3, 0.4) is 0 Å². The second kappa shape index (κ2) is 10.1. The fraction of sp³-hybridized carbons (Fsp3) is 0.455. The van der Waals surface area contributed by atoms with Crippen LogP contribution in [0.4, 0.5) is 5.13 Å². The fourth-order valence-electron chi connectivity index (χ4n) is 4.48. The molecule has 2 aliphatic rings. The van der Waals surface area contributed by atoms with Gasteiger partial charge >= 0.3 is 0 Å². The minimum atomic E-state index is -3.87. The molecule has 188 valence electrons. The van der Waals surface area contributed by atoms with Crippen molar-refractivity contribution in [3.8, 4) is 5.75 Å². The van der Waals surface area contributed by atoms with Gasteiger partial charge < -0.3 is 9.47 Å². The molecule has 3 aromatic rings. The Morgan fingerprint density at radius 3 is 2.74 bits per heavy atom. The van der Waals surface area contributed by atoms with Crippen molar-refractivity contribution in [1.29, 1.82) is 0 Å². The Morgan fingerprint density at radius 2 is 2.06 bits per heavy atom. The highest BCUT2D eigenvalue weighted by Gasteiger charge is 2.43. The molecule has 35 heavy (non-hydrogen) atoms. The molecule has 2 saturated heterocycles. The lowest BCUT2D eigenvalue weighted by Crippen LogP contribution is -2.49. The SMILES string of the molecule is COc1ccc(Cl)c2sc(N(CC3CCCO3)C(=O)C3CCCN3S(=O)(=O)c3ccc(Cl)s3)nc12. The second-order valence-electron chi connectivity index (χ2n) is 8.34. The number of nitrogens with zero attached hydrogens (tertiary/aromatic N) is 3. The molecule has 2 aromatic heterocycles. The van der Waals surface area contributed by atoms with Crippen molar-refractivity contribution in [2.75, 3.05) is 31.7 Å². The Balaban J connectivity index is 1.52. The number of carbonyl (C=O) groups excluding carboxylic acids is 1. The molecule has 0 radical (unpaired) electrons. The predicted molar refractivity (Wildman–Crippen MR) is 139 cm³/mol. The average molecular weight is 577 g/mol. The van der Waals surface area contributed by atoms with Crippen LogP contribution >= 0.6 is 45.9 Å². The Morgan fingerprint density at radius 1 is 1.23 bits per heavy atom. The Kier molecular flexibility index (Phi) is 7.28. The standard InChI is InChI=1S/C22H23Cl2N3O5S3/c1-31-16-7-6-14(23)20-19(16)25-22(34-20)26(12-13-4-3-11-32-13)21(28)15-5-2-10-27(15)35(29,30)18-9-8-17(24)33-18/h6-9,13,15H,2-5,10-12H2,1H3. The van der Waals surface area contributed by atoms with Gasteiger partial charge in [-0.1, -0.05) is 34.5 Å². The lowest BCUT2D eigenvalue weighted by atomic mass is 10.2. The normalized spacial score (nSPS) is 21.1. The summed E-state index contributed by atoms with van der Waals surface area (Å²) in [5, 5.41) is 0.948. The predicted octanol–water partition coefficient (Wildman–Crippen LogP) is 5.04. The van der Waals surface area contributed by atoms with Gasteiger partial charge in [0.15, 0.2) is 5.13 Å². The van der Waals surface area contributed by atoms with Gasteiger partial charge in [-0.3, -0.25) is 9.69 Å². The zero-order chi connectivity index (χ0) is 24.7. The number of anilines is 1. The molecule has 1 aromatic carbocycles. The molecule has 2 fully saturated rings. The summed E-state index contributed by atoms with van der Waals surface area (Å²) in [5.74, 6) is 0.231. The first-order valence-corrected chi connectivity index (χ1v) is 15.0. The first-order valence-electron chi connectivity index (χ1n) is 11.1. The third-order valence-electron chi connectivity index (χ3n) is 6.17. The summed E-state index contributed by atoms with van der Waals surface area (Å²) in [6.45, 7) is 1.19. The van der Waals surface area contributed by atoms with Crippen molar-refractivity contribution in [3.05, 3.63) is 33.6 Å². The molecule has 5 rings (SSSR count). The molecule has 0 N–H and O–H groups in total. The number of fused-ring (bicyclic) bond motifs is 1. The number of ether oxygens (including phenoxy) is 2. The van der Waals surface area contributed by atoms with E-state index in [1.807, 2.05) is 0 Å². The van der Waals surface area contributed by atoms with Gasteiger partial charge in [-0.05, 0) is 49.9 Å². The van der Waals surface area contributed by atoms with Gasteiger partial charge in [0.1, 0.15) is 21.5 Å². The number of hydrogen-bond donors (Lipinski definition) is 0. The number of aromatic nitrogens is 1. The fourth-order valence-corrected chi connectivity index (χ4v) is 9.02. The summed E-state index contributed by atoms with van der Waals surface area (Å²) in [5.41, 5.74) is 0.564. The second-order valence-corrected chi connectivity index (χ2v) is 13.6. The van der Waals surface area contributed by atoms with E-state index in [1.54, 1.807) is 30.2 Å². The summed E-state index contributed by atoms with van der Waals surface area (Å²) < 4.78 is 40.5. The number of halogens is 2. The molecule has 8 nitrogen and oxygen atoms in total. The molecule has 2 aliphatic heterocycles. The van der Waals surface area contributed by atoms with Crippen LogP contribution in [0.25, 0.3) is 10.2 Å². The molecule has 13 heteroatoms. The number of rotatable bonds is 7. The first kappa shape index (κ1) is 25.2. The number of methoxy groups -OCH3 is 1. The number of hydrogen-bond acceptors (Lipinski definition) is 8. The van der Waals surface area contributed by atoms with Crippen molar-refractivity contribution in [1.82, 2.24) is 9.29 Å². The monoisotopic (exact) mass is 575 g/mol. The number of benzene rings is 1. The van der Waals surface area contributed by atoms with E-state index in [9.17, 15) is 13.2 Å². The van der Waals surface area contributed by atoms with Crippen LogP contribution in [-0.4, -0.2) is 62.6 Å². The van der Waals surface area contributed by atoms with Crippen molar-refractivity contribution < 1.29 is 22.7 Å². The molecule has 1 amide bonds. The minimum absolute atomic E-state index is 0.129. The molecule has 0 spiro atoms. The van der Waals surface area contributed by atoms with Crippen molar-refractivity contribution in [2.24, 2.45) is 0 Å². The smallest absolute Gasteiger partial charge is 0.253 e. The maximum absolute atomic E-state index is 14.0. The summed E-state index contributed by atoms with van der Waals surface area (Å²) in [4.78, 5) is 20.3. The van der Waals surface area contributed by atoms with Crippen LogP contribution in [0.5, 0.6) is 5.75 Å². The van der Waals surface area contributed by atoms with Crippen LogP contribution in [0.15, 0.2) is 28.5 Å². The zero-order valence-electron chi connectivity index (χ0n) is 18.8. The third kappa shape index (κ3) is 4.79. The molecule has 4 heterocycles. The van der Waals surface area contributed by atoms with Gasteiger partial charge in [-0.15, -0.1) is 11.3 Å². The largest absolute Gasteiger partial charge is 0.494 e. The molecular weight excluding hydrogens is 553 g/mol. The highest BCUT2D eigenvalue weighted by Crippen LogP contribution is 2.40. The number of carbonyl (C=O) groups is 1. The summed E-state index contributed by atoms with van der Waals surface area (Å²) in [6.07, 6.45) is 2.59. The zero-order valence-corrected chi connectivity index (χ0v) is 22.7. The van der Waals surface area contributed by atoms with E-state index < -0.39 is 16.1 Å². The molecule has 0 bridgehead atoms. The maximum Gasteiger partial charge on any atom is 0.253 e. The Bertz CT molecular complexity index is 1350. The minimum Gasteiger partial charge on any atom is -0.494 e. The summed E-state index contributed by atoms with van der Waals surface area (Å²) in [7, 11) is -2.32. The average Bonchev–Trinajstić information content (AvgIpc) is 3.64. The number of thiazole rings is 1. The maximum atomic E-state index is 14.0. The van der Waals surface area contributed by atoms with E-state index in [4.69, 9.17) is 37.7 Å². The van der Waals surface area contributed by atoms with E-state index >= 15 is 0 Å². The van der Waals surface area contributed by atoms with Gasteiger partial charge in [0.25, 0.3) is 10.0 Å². The first-order chi connectivity index (χ1) is 16.8.